The molecule has 0 bridgehead atoms. The summed E-state index contributed by atoms with van der Waals surface area (Å²) in [5.74, 6) is -0.217. The van der Waals surface area contributed by atoms with E-state index in [2.05, 4.69) is 15.4 Å². The summed E-state index contributed by atoms with van der Waals surface area (Å²) in [6, 6.07) is 3.40. The van der Waals surface area contributed by atoms with Gasteiger partial charge in [-0.25, -0.2) is 0 Å². The second-order valence-corrected chi connectivity index (χ2v) is 5.78. The molecule has 1 fully saturated rings. The van der Waals surface area contributed by atoms with Crippen LogP contribution in [-0.2, 0) is 11.3 Å². The number of carbonyl (C=O) groups is 1. The SMILES string of the molecule is CCn1cc([C@@H]2OCC[C@H]2NC(=O)c2nccc3occc23)cn1. The Balaban J connectivity index is 1.55. The topological polar surface area (TPSA) is 82.2 Å². The Morgan fingerprint density at radius 3 is 3.21 bits per heavy atom. The van der Waals surface area contributed by atoms with Crippen molar-refractivity contribution in [3.8, 4) is 0 Å². The average Bonchev–Trinajstić information content (AvgIpc) is 3.33. The molecule has 7 nitrogen and oxygen atoms in total. The third-order valence-electron chi connectivity index (χ3n) is 4.31. The second kappa shape index (κ2) is 6.09. The Bertz CT molecular complexity index is 869. The number of hydrogen-bond donors (Lipinski definition) is 1. The lowest BCUT2D eigenvalue weighted by Crippen LogP contribution is -2.37. The van der Waals surface area contributed by atoms with E-state index in [9.17, 15) is 4.79 Å². The van der Waals surface area contributed by atoms with Crippen LogP contribution in [0.2, 0.25) is 0 Å². The first kappa shape index (κ1) is 14.9. The van der Waals surface area contributed by atoms with Crippen LogP contribution < -0.4 is 5.32 Å². The molecule has 124 valence electrons. The Morgan fingerprint density at radius 2 is 2.38 bits per heavy atom. The van der Waals surface area contributed by atoms with Crippen LogP contribution in [0.4, 0.5) is 0 Å². The smallest absolute Gasteiger partial charge is 0.270 e. The maximum atomic E-state index is 12.7. The lowest BCUT2D eigenvalue weighted by Gasteiger charge is -2.18. The van der Waals surface area contributed by atoms with Gasteiger partial charge in [0.25, 0.3) is 5.91 Å². The molecule has 1 saturated heterocycles. The van der Waals surface area contributed by atoms with Crippen molar-refractivity contribution in [3.05, 3.63) is 48.2 Å². The summed E-state index contributed by atoms with van der Waals surface area (Å²) in [7, 11) is 0. The minimum Gasteiger partial charge on any atom is -0.464 e. The van der Waals surface area contributed by atoms with Crippen molar-refractivity contribution in [1.29, 1.82) is 0 Å². The summed E-state index contributed by atoms with van der Waals surface area (Å²) in [5.41, 5.74) is 2.00. The largest absolute Gasteiger partial charge is 0.464 e. The van der Waals surface area contributed by atoms with Crippen LogP contribution in [-0.4, -0.2) is 33.3 Å². The monoisotopic (exact) mass is 326 g/mol. The first-order chi connectivity index (χ1) is 11.8. The molecule has 4 rings (SSSR count). The number of aromatic nitrogens is 3. The van der Waals surface area contributed by atoms with Gasteiger partial charge >= 0.3 is 0 Å². The molecule has 1 N–H and O–H groups in total. The zero-order valence-electron chi connectivity index (χ0n) is 13.3. The summed E-state index contributed by atoms with van der Waals surface area (Å²) in [5, 5.41) is 8.04. The normalized spacial score (nSPS) is 20.5. The van der Waals surface area contributed by atoms with Crippen molar-refractivity contribution in [3.63, 3.8) is 0 Å². The Labute approximate surface area is 138 Å². The molecule has 24 heavy (non-hydrogen) atoms. The lowest BCUT2D eigenvalue weighted by molar-refractivity contribution is 0.0819. The Morgan fingerprint density at radius 1 is 1.46 bits per heavy atom. The Hall–Kier alpha value is -2.67. The molecule has 1 amide bonds. The number of amides is 1. The predicted molar refractivity (Wildman–Crippen MR) is 86.5 cm³/mol. The average molecular weight is 326 g/mol. The molecule has 0 aromatic carbocycles. The van der Waals surface area contributed by atoms with Gasteiger partial charge in [0, 0.05) is 31.1 Å². The third kappa shape index (κ3) is 2.56. The minimum atomic E-state index is -0.217. The van der Waals surface area contributed by atoms with Crippen LogP contribution in [0.1, 0.15) is 35.5 Å². The van der Waals surface area contributed by atoms with Gasteiger partial charge in [0.2, 0.25) is 0 Å². The molecule has 0 saturated carbocycles. The van der Waals surface area contributed by atoms with E-state index in [0.717, 1.165) is 18.5 Å². The number of fused-ring (bicyclic) bond motifs is 1. The van der Waals surface area contributed by atoms with Crippen molar-refractivity contribution in [1.82, 2.24) is 20.1 Å². The quantitative estimate of drug-likeness (QED) is 0.795. The highest BCUT2D eigenvalue weighted by Gasteiger charge is 2.32. The highest BCUT2D eigenvalue weighted by atomic mass is 16.5. The molecule has 0 spiro atoms. The van der Waals surface area contributed by atoms with E-state index in [-0.39, 0.29) is 18.1 Å². The molecule has 4 heterocycles. The fourth-order valence-corrected chi connectivity index (χ4v) is 3.08. The van der Waals surface area contributed by atoms with E-state index >= 15 is 0 Å². The second-order valence-electron chi connectivity index (χ2n) is 5.78. The van der Waals surface area contributed by atoms with Gasteiger partial charge in [-0.2, -0.15) is 5.10 Å². The van der Waals surface area contributed by atoms with Gasteiger partial charge in [-0.05, 0) is 25.5 Å². The van der Waals surface area contributed by atoms with Crippen LogP contribution >= 0.6 is 0 Å². The van der Waals surface area contributed by atoms with Gasteiger partial charge in [-0.15, -0.1) is 0 Å². The molecule has 1 aliphatic rings. The van der Waals surface area contributed by atoms with Crippen LogP contribution in [0, 0.1) is 0 Å². The number of nitrogens with one attached hydrogen (secondary N) is 1. The van der Waals surface area contributed by atoms with Gasteiger partial charge in [0.1, 0.15) is 17.4 Å². The van der Waals surface area contributed by atoms with Gasteiger partial charge in [-0.1, -0.05) is 0 Å². The standard InChI is InChI=1S/C17H18N4O3/c1-2-21-10-11(9-19-21)16-13(5-8-24-16)20-17(22)15-12-4-7-23-14(12)3-6-18-15/h3-4,6-7,9-10,13,16H,2,5,8H2,1H3,(H,20,22)/t13-,16+/m1/s1. The summed E-state index contributed by atoms with van der Waals surface area (Å²) in [4.78, 5) is 16.9. The number of aryl methyl sites for hydroxylation is 1. The molecule has 0 unspecified atom stereocenters. The molecule has 1 aliphatic heterocycles. The molecule has 0 radical (unpaired) electrons. The maximum absolute atomic E-state index is 12.7. The van der Waals surface area contributed by atoms with Crippen molar-refractivity contribution < 1.29 is 13.9 Å². The number of nitrogens with zero attached hydrogens (tertiary/aromatic N) is 3. The van der Waals surface area contributed by atoms with Crippen molar-refractivity contribution in [2.45, 2.75) is 32.0 Å². The number of ether oxygens (including phenoxy) is 1. The highest BCUT2D eigenvalue weighted by Crippen LogP contribution is 2.29. The van der Waals surface area contributed by atoms with Crippen LogP contribution in [0.25, 0.3) is 11.0 Å². The van der Waals surface area contributed by atoms with E-state index in [0.29, 0.717) is 23.3 Å². The first-order valence-corrected chi connectivity index (χ1v) is 8.03. The molecule has 2 atom stereocenters. The van der Waals surface area contributed by atoms with E-state index < -0.39 is 0 Å². The predicted octanol–water partition coefficient (Wildman–Crippen LogP) is 2.30. The molecule has 7 heteroatoms. The van der Waals surface area contributed by atoms with Gasteiger partial charge in [-0.3, -0.25) is 14.5 Å². The van der Waals surface area contributed by atoms with Crippen LogP contribution in [0.5, 0.6) is 0 Å². The van der Waals surface area contributed by atoms with E-state index in [4.69, 9.17) is 9.15 Å². The molecule has 0 aliphatic carbocycles. The van der Waals surface area contributed by atoms with Crippen molar-refractivity contribution in [2.24, 2.45) is 0 Å². The molecule has 3 aromatic heterocycles. The molecule has 3 aromatic rings. The van der Waals surface area contributed by atoms with Gasteiger partial charge in [0.15, 0.2) is 0 Å². The van der Waals surface area contributed by atoms with Crippen molar-refractivity contribution in [2.75, 3.05) is 6.61 Å². The van der Waals surface area contributed by atoms with E-state index in [1.54, 1.807) is 30.8 Å². The number of rotatable bonds is 4. The minimum absolute atomic E-state index is 0.101. The number of pyridine rings is 1. The first-order valence-electron chi connectivity index (χ1n) is 8.03. The summed E-state index contributed by atoms with van der Waals surface area (Å²) >= 11 is 0. The number of furan rings is 1. The molecular weight excluding hydrogens is 308 g/mol. The highest BCUT2D eigenvalue weighted by molar-refractivity contribution is 6.04. The lowest BCUT2D eigenvalue weighted by atomic mass is 10.1. The summed E-state index contributed by atoms with van der Waals surface area (Å²) in [6.07, 6.45) is 7.48. The molecular formula is C17H18N4O3. The Kier molecular flexibility index (Phi) is 3.78. The zero-order valence-corrected chi connectivity index (χ0v) is 13.3. The third-order valence-corrected chi connectivity index (χ3v) is 4.31. The fraction of sp³-hybridized carbons (Fsp3) is 0.353. The fourth-order valence-electron chi connectivity index (χ4n) is 3.08. The van der Waals surface area contributed by atoms with Crippen molar-refractivity contribution >= 4 is 16.9 Å². The maximum Gasteiger partial charge on any atom is 0.270 e. The van der Waals surface area contributed by atoms with E-state index in [1.165, 1.54) is 0 Å². The van der Waals surface area contributed by atoms with E-state index in [1.807, 2.05) is 17.8 Å². The summed E-state index contributed by atoms with van der Waals surface area (Å²) < 4.78 is 13.0. The van der Waals surface area contributed by atoms with Gasteiger partial charge in [0.05, 0.1) is 23.9 Å². The number of carbonyl (C=O) groups excluding carboxylic acids is 1. The van der Waals surface area contributed by atoms with Crippen LogP contribution in [0.15, 0.2) is 41.4 Å². The number of hydrogen-bond acceptors (Lipinski definition) is 5. The zero-order chi connectivity index (χ0) is 16.5. The summed E-state index contributed by atoms with van der Waals surface area (Å²) in [6.45, 7) is 3.44. The van der Waals surface area contributed by atoms with Gasteiger partial charge < -0.3 is 14.5 Å². The van der Waals surface area contributed by atoms with Crippen LogP contribution in [0.3, 0.4) is 0 Å².